The average molecular weight is 526 g/mol. The number of piperidine rings is 1. The number of likely N-dealkylation sites (tertiary alicyclic amines) is 1. The molecule has 2 heterocycles. The molecule has 3 aromatic rings. The third-order valence-electron chi connectivity index (χ3n) is 6.79. The van der Waals surface area contributed by atoms with Crippen LogP contribution in [0.5, 0.6) is 0 Å². The van der Waals surface area contributed by atoms with Crippen molar-refractivity contribution in [2.24, 2.45) is 0 Å². The summed E-state index contributed by atoms with van der Waals surface area (Å²) in [5.41, 5.74) is 7.00. The predicted octanol–water partition coefficient (Wildman–Crippen LogP) is 4.99. The highest BCUT2D eigenvalue weighted by Gasteiger charge is 2.32. The Morgan fingerprint density at radius 3 is 2.38 bits per heavy atom. The lowest BCUT2D eigenvalue weighted by Crippen LogP contribution is -2.40. The van der Waals surface area contributed by atoms with Gasteiger partial charge in [0, 0.05) is 41.7 Å². The van der Waals surface area contributed by atoms with Gasteiger partial charge < -0.3 is 4.90 Å². The highest BCUT2D eigenvalue weighted by molar-refractivity contribution is 6.30. The summed E-state index contributed by atoms with van der Waals surface area (Å²) >= 11 is 6.01. The number of aromatic nitrogens is 2. The molecule has 2 aliphatic rings. The Hall–Kier alpha value is -3.59. The van der Waals surface area contributed by atoms with E-state index in [1.807, 2.05) is 0 Å². The van der Waals surface area contributed by atoms with Crippen LogP contribution in [0.25, 0.3) is 0 Å². The van der Waals surface area contributed by atoms with E-state index in [1.54, 1.807) is 35.4 Å². The van der Waals surface area contributed by atoms with Crippen molar-refractivity contribution in [3.8, 4) is 0 Å². The fourth-order valence-electron chi connectivity index (χ4n) is 4.56. The zero-order chi connectivity index (χ0) is 25.9. The van der Waals surface area contributed by atoms with Crippen molar-refractivity contribution in [2.45, 2.75) is 43.9 Å². The first-order valence-electron chi connectivity index (χ1n) is 12.3. The number of hydrogen-bond acceptors (Lipinski definition) is 5. The number of amides is 2. The molecular formula is C27H26ClF2N5O2. The van der Waals surface area contributed by atoms with E-state index >= 15 is 0 Å². The summed E-state index contributed by atoms with van der Waals surface area (Å²) in [6.07, 6.45) is 4.46. The maximum atomic E-state index is 14.0. The molecule has 192 valence electrons. The molecule has 2 N–H and O–H groups in total. The van der Waals surface area contributed by atoms with Gasteiger partial charge in [-0.2, -0.15) is 0 Å². The van der Waals surface area contributed by atoms with E-state index in [1.165, 1.54) is 6.07 Å². The first-order chi connectivity index (χ1) is 17.9. The first kappa shape index (κ1) is 25.1. The summed E-state index contributed by atoms with van der Waals surface area (Å²) in [6.45, 7) is 0.814. The lowest BCUT2D eigenvalue weighted by Gasteiger charge is -2.32. The van der Waals surface area contributed by atoms with Gasteiger partial charge in [-0.25, -0.2) is 18.7 Å². The number of nitrogens with one attached hydrogen (secondary N) is 2. The van der Waals surface area contributed by atoms with E-state index in [0.717, 1.165) is 30.8 Å². The van der Waals surface area contributed by atoms with Crippen LogP contribution in [0.15, 0.2) is 48.7 Å². The lowest BCUT2D eigenvalue weighted by molar-refractivity contribution is -0.131. The Kier molecular flexibility index (Phi) is 7.32. The van der Waals surface area contributed by atoms with Gasteiger partial charge in [0.2, 0.25) is 5.91 Å². The molecule has 1 aliphatic heterocycles. The third kappa shape index (κ3) is 5.88. The van der Waals surface area contributed by atoms with Gasteiger partial charge in [0.15, 0.2) is 0 Å². The minimum absolute atomic E-state index is 0.0540. The molecule has 1 saturated heterocycles. The Labute approximate surface area is 218 Å². The monoisotopic (exact) mass is 525 g/mol. The van der Waals surface area contributed by atoms with Crippen LogP contribution in [0.1, 0.15) is 65.0 Å². The van der Waals surface area contributed by atoms with Gasteiger partial charge in [-0.15, -0.1) is 0 Å². The van der Waals surface area contributed by atoms with Crippen molar-refractivity contribution in [3.63, 3.8) is 0 Å². The number of nitrogens with zero attached hydrogens (tertiary/aromatic N) is 3. The first-order valence-corrected chi connectivity index (χ1v) is 12.7. The summed E-state index contributed by atoms with van der Waals surface area (Å²) in [6, 6.07) is 10.6. The standard InChI is InChI=1S/C27H26ClF2N5O2/c28-18-3-1-4-19(13-18)33-34-27(37)21-15-31-26(17-7-8-17)32-25(21)16-9-11-35(12-10-16)24(36)14-20-22(29)5-2-6-23(20)30/h1-6,13,15-17,33H,7-12,14H2,(H,34,37). The number of carbonyl (C=O) groups is 2. The molecule has 1 aromatic heterocycles. The Bertz CT molecular complexity index is 1310. The van der Waals surface area contributed by atoms with Crippen molar-refractivity contribution in [3.05, 3.63) is 88.0 Å². The molecule has 7 nitrogen and oxygen atoms in total. The van der Waals surface area contributed by atoms with E-state index in [-0.39, 0.29) is 29.7 Å². The second-order valence-corrected chi connectivity index (χ2v) is 9.86. The number of hydrogen-bond donors (Lipinski definition) is 2. The minimum Gasteiger partial charge on any atom is -0.342 e. The predicted molar refractivity (Wildman–Crippen MR) is 135 cm³/mol. The number of halogens is 3. The Morgan fingerprint density at radius 1 is 1.00 bits per heavy atom. The number of benzene rings is 2. The highest BCUT2D eigenvalue weighted by Crippen LogP contribution is 2.39. The fourth-order valence-corrected chi connectivity index (χ4v) is 4.75. The quantitative estimate of drug-likeness (QED) is 0.424. The molecule has 37 heavy (non-hydrogen) atoms. The normalized spacial score (nSPS) is 15.9. The van der Waals surface area contributed by atoms with Gasteiger partial charge in [0.25, 0.3) is 5.91 Å². The topological polar surface area (TPSA) is 87.2 Å². The summed E-state index contributed by atoms with van der Waals surface area (Å²) in [7, 11) is 0. The summed E-state index contributed by atoms with van der Waals surface area (Å²) in [5, 5.41) is 0.538. The third-order valence-corrected chi connectivity index (χ3v) is 7.03. The molecule has 0 atom stereocenters. The molecule has 0 bridgehead atoms. The van der Waals surface area contributed by atoms with E-state index in [4.69, 9.17) is 16.6 Å². The molecule has 0 radical (unpaired) electrons. The van der Waals surface area contributed by atoms with Crippen LogP contribution in [-0.4, -0.2) is 39.8 Å². The van der Waals surface area contributed by atoms with Gasteiger partial charge >= 0.3 is 0 Å². The maximum Gasteiger partial charge on any atom is 0.273 e. The van der Waals surface area contributed by atoms with Crippen molar-refractivity contribution in [1.82, 2.24) is 20.3 Å². The highest BCUT2D eigenvalue weighted by atomic mass is 35.5. The van der Waals surface area contributed by atoms with Crippen LogP contribution >= 0.6 is 11.6 Å². The average Bonchev–Trinajstić information content (AvgIpc) is 3.75. The Balaban J connectivity index is 1.27. The van der Waals surface area contributed by atoms with Gasteiger partial charge in [-0.3, -0.25) is 20.4 Å². The van der Waals surface area contributed by atoms with Crippen LogP contribution in [0, 0.1) is 11.6 Å². The van der Waals surface area contributed by atoms with E-state index in [0.29, 0.717) is 53.8 Å². The number of hydrazine groups is 1. The molecule has 2 fully saturated rings. The van der Waals surface area contributed by atoms with Crippen LogP contribution < -0.4 is 10.9 Å². The zero-order valence-corrected chi connectivity index (χ0v) is 20.8. The molecule has 1 saturated carbocycles. The van der Waals surface area contributed by atoms with Gasteiger partial charge in [0.1, 0.15) is 17.5 Å². The number of rotatable bonds is 7. The van der Waals surface area contributed by atoms with Crippen molar-refractivity contribution >= 4 is 29.1 Å². The summed E-state index contributed by atoms with van der Waals surface area (Å²) < 4.78 is 28.0. The summed E-state index contributed by atoms with van der Waals surface area (Å²) in [5.74, 6) is -1.14. The van der Waals surface area contributed by atoms with Crippen LogP contribution in [0.3, 0.4) is 0 Å². The van der Waals surface area contributed by atoms with Gasteiger partial charge in [-0.05, 0) is 56.0 Å². The number of carbonyl (C=O) groups excluding carboxylic acids is 2. The van der Waals surface area contributed by atoms with E-state index in [2.05, 4.69) is 15.8 Å². The molecule has 0 unspecified atom stereocenters. The molecule has 0 spiro atoms. The minimum atomic E-state index is -0.723. The maximum absolute atomic E-state index is 14.0. The molecule has 2 amide bonds. The zero-order valence-electron chi connectivity index (χ0n) is 20.0. The molecule has 5 rings (SSSR count). The van der Waals surface area contributed by atoms with E-state index < -0.39 is 11.6 Å². The lowest BCUT2D eigenvalue weighted by atomic mass is 9.90. The fraction of sp³-hybridized carbons (Fsp3) is 0.333. The second kappa shape index (κ2) is 10.8. The molecular weight excluding hydrogens is 500 g/mol. The van der Waals surface area contributed by atoms with Crippen LogP contribution in [-0.2, 0) is 11.2 Å². The SMILES string of the molecule is O=C(NNc1cccc(Cl)c1)c1cnc(C2CC2)nc1C1CCN(C(=O)Cc2c(F)cccc2F)CC1. The molecule has 1 aliphatic carbocycles. The van der Waals surface area contributed by atoms with Crippen LogP contribution in [0.4, 0.5) is 14.5 Å². The van der Waals surface area contributed by atoms with Crippen molar-refractivity contribution in [1.29, 1.82) is 0 Å². The Morgan fingerprint density at radius 2 is 1.70 bits per heavy atom. The van der Waals surface area contributed by atoms with E-state index in [9.17, 15) is 18.4 Å². The summed E-state index contributed by atoms with van der Waals surface area (Å²) in [4.78, 5) is 36.7. The molecule has 10 heteroatoms. The smallest absolute Gasteiger partial charge is 0.273 e. The van der Waals surface area contributed by atoms with Gasteiger partial charge in [0.05, 0.1) is 23.4 Å². The van der Waals surface area contributed by atoms with Crippen molar-refractivity contribution in [2.75, 3.05) is 18.5 Å². The molecule has 2 aromatic carbocycles. The second-order valence-electron chi connectivity index (χ2n) is 9.42. The number of anilines is 1. The largest absolute Gasteiger partial charge is 0.342 e. The van der Waals surface area contributed by atoms with Crippen molar-refractivity contribution < 1.29 is 18.4 Å². The van der Waals surface area contributed by atoms with Gasteiger partial charge in [-0.1, -0.05) is 23.7 Å². The van der Waals surface area contributed by atoms with Crippen LogP contribution in [0.2, 0.25) is 5.02 Å².